The molecule has 0 aliphatic rings. The fraction of sp³-hybridized carbons (Fsp3) is 0.125. The molecule has 0 saturated heterocycles. The van der Waals surface area contributed by atoms with Crippen molar-refractivity contribution in [2.75, 3.05) is 0 Å². The van der Waals surface area contributed by atoms with Crippen LogP contribution < -0.4 is 5.73 Å². The van der Waals surface area contributed by atoms with Gasteiger partial charge in [0.1, 0.15) is 0 Å². The predicted octanol–water partition coefficient (Wildman–Crippen LogP) is 3.77. The number of halogens is 3. The summed E-state index contributed by atoms with van der Waals surface area (Å²) in [7, 11) is 0. The van der Waals surface area contributed by atoms with Gasteiger partial charge in [0.15, 0.2) is 0 Å². The average Bonchev–Trinajstić information content (AvgIpc) is 2.53. The maximum atomic E-state index is 12.8. The van der Waals surface area contributed by atoms with Gasteiger partial charge >= 0.3 is 6.18 Å². The van der Waals surface area contributed by atoms with Crippen LogP contribution in [0, 0.1) is 0 Å². The van der Waals surface area contributed by atoms with Crippen molar-refractivity contribution in [3.05, 3.63) is 60.0 Å². The van der Waals surface area contributed by atoms with E-state index in [1.807, 2.05) is 6.07 Å². The van der Waals surface area contributed by atoms with Crippen molar-refractivity contribution >= 4 is 10.9 Å². The molecule has 0 unspecified atom stereocenters. The molecule has 112 valence electrons. The van der Waals surface area contributed by atoms with Crippen LogP contribution in [0.4, 0.5) is 13.2 Å². The van der Waals surface area contributed by atoms with E-state index in [-0.39, 0.29) is 0 Å². The van der Waals surface area contributed by atoms with E-state index >= 15 is 0 Å². The molecule has 0 aliphatic heterocycles. The van der Waals surface area contributed by atoms with Gasteiger partial charge in [0.05, 0.1) is 16.8 Å². The lowest BCUT2D eigenvalue weighted by atomic mass is 10.0. The Balaban J connectivity index is 2.07. The number of pyridine rings is 2. The van der Waals surface area contributed by atoms with Gasteiger partial charge in [0, 0.05) is 29.9 Å². The number of rotatable bonds is 2. The molecule has 2 aromatic heterocycles. The molecule has 0 radical (unpaired) electrons. The van der Waals surface area contributed by atoms with Gasteiger partial charge in [-0.3, -0.25) is 9.97 Å². The normalized spacial score (nSPS) is 11.8. The molecule has 0 bridgehead atoms. The van der Waals surface area contributed by atoms with Crippen LogP contribution in [0.1, 0.15) is 11.3 Å². The van der Waals surface area contributed by atoms with Crippen LogP contribution in [-0.2, 0) is 12.7 Å². The molecular weight excluding hydrogens is 291 g/mol. The zero-order chi connectivity index (χ0) is 15.7. The zero-order valence-electron chi connectivity index (χ0n) is 11.4. The highest BCUT2D eigenvalue weighted by Crippen LogP contribution is 2.32. The number of hydrogen-bond acceptors (Lipinski definition) is 3. The molecule has 22 heavy (non-hydrogen) atoms. The molecule has 2 N–H and O–H groups in total. The summed E-state index contributed by atoms with van der Waals surface area (Å²) in [5.74, 6) is 0. The monoisotopic (exact) mass is 303 g/mol. The quantitative estimate of drug-likeness (QED) is 0.784. The Morgan fingerprint density at radius 3 is 2.50 bits per heavy atom. The van der Waals surface area contributed by atoms with Gasteiger partial charge in [0.2, 0.25) is 0 Å². The number of benzene rings is 1. The molecule has 1 aromatic carbocycles. The summed E-state index contributed by atoms with van der Waals surface area (Å²) in [5.41, 5.74) is 7.38. The van der Waals surface area contributed by atoms with Crippen molar-refractivity contribution < 1.29 is 13.2 Å². The van der Waals surface area contributed by atoms with Gasteiger partial charge < -0.3 is 5.73 Å². The minimum absolute atomic E-state index is 0.342. The zero-order valence-corrected chi connectivity index (χ0v) is 11.4. The Morgan fingerprint density at radius 1 is 0.955 bits per heavy atom. The Bertz CT molecular complexity index is 828. The minimum atomic E-state index is -4.41. The fourth-order valence-corrected chi connectivity index (χ4v) is 2.21. The van der Waals surface area contributed by atoms with E-state index in [2.05, 4.69) is 9.97 Å². The summed E-state index contributed by atoms with van der Waals surface area (Å²) in [5, 5.41) is 0.840. The molecule has 0 saturated carbocycles. The summed E-state index contributed by atoms with van der Waals surface area (Å²) in [4.78, 5) is 8.05. The first-order valence-electron chi connectivity index (χ1n) is 6.60. The van der Waals surface area contributed by atoms with Crippen molar-refractivity contribution in [2.24, 2.45) is 5.73 Å². The molecule has 0 atom stereocenters. The summed E-state index contributed by atoms with van der Waals surface area (Å²) in [6, 6.07) is 10.0. The SMILES string of the molecule is NCc1ccc2cc(-c3cncc(C(F)(F)F)c3)ccc2n1. The van der Waals surface area contributed by atoms with Crippen LogP contribution in [0.2, 0.25) is 0 Å². The third kappa shape index (κ3) is 2.78. The summed E-state index contributed by atoms with van der Waals surface area (Å²) >= 11 is 0. The summed E-state index contributed by atoms with van der Waals surface area (Å²) < 4.78 is 38.3. The van der Waals surface area contributed by atoms with Gasteiger partial charge in [-0.15, -0.1) is 0 Å². The Morgan fingerprint density at radius 2 is 1.77 bits per heavy atom. The number of hydrogen-bond donors (Lipinski definition) is 1. The molecule has 0 fully saturated rings. The van der Waals surface area contributed by atoms with E-state index in [0.717, 1.165) is 28.9 Å². The highest BCUT2D eigenvalue weighted by Gasteiger charge is 2.31. The second-order valence-electron chi connectivity index (χ2n) is 4.87. The van der Waals surface area contributed by atoms with Gasteiger partial charge in [-0.2, -0.15) is 13.2 Å². The number of fused-ring (bicyclic) bond motifs is 1. The average molecular weight is 303 g/mol. The second-order valence-corrected chi connectivity index (χ2v) is 4.87. The maximum Gasteiger partial charge on any atom is 0.417 e. The first-order chi connectivity index (χ1) is 10.5. The smallest absolute Gasteiger partial charge is 0.325 e. The Hall–Kier alpha value is -2.47. The van der Waals surface area contributed by atoms with Crippen LogP contribution in [0.3, 0.4) is 0 Å². The Kier molecular flexibility index (Phi) is 3.54. The topological polar surface area (TPSA) is 51.8 Å². The lowest BCUT2D eigenvalue weighted by Gasteiger charge is -2.09. The molecule has 3 aromatic rings. The Labute approximate surface area is 124 Å². The van der Waals surface area contributed by atoms with E-state index in [1.165, 1.54) is 6.20 Å². The maximum absolute atomic E-state index is 12.8. The van der Waals surface area contributed by atoms with Crippen LogP contribution >= 0.6 is 0 Å². The first-order valence-corrected chi connectivity index (χ1v) is 6.60. The van der Waals surface area contributed by atoms with Crippen LogP contribution in [0.5, 0.6) is 0 Å². The van der Waals surface area contributed by atoms with Crippen LogP contribution in [0.15, 0.2) is 48.8 Å². The van der Waals surface area contributed by atoms with Crippen molar-refractivity contribution in [3.63, 3.8) is 0 Å². The summed E-state index contributed by atoms with van der Waals surface area (Å²) in [6.45, 7) is 0.342. The number of alkyl halides is 3. The van der Waals surface area contributed by atoms with Gasteiger partial charge in [-0.05, 0) is 29.8 Å². The standard InChI is InChI=1S/C16H12F3N3/c17-16(18,19)13-6-12(8-21-9-13)10-2-4-15-11(5-10)1-3-14(7-20)22-15/h1-6,8-9H,7,20H2. The largest absolute Gasteiger partial charge is 0.417 e. The van der Waals surface area contributed by atoms with Gasteiger partial charge in [-0.25, -0.2) is 0 Å². The fourth-order valence-electron chi connectivity index (χ4n) is 2.21. The third-order valence-electron chi connectivity index (χ3n) is 3.35. The van der Waals surface area contributed by atoms with Crippen molar-refractivity contribution in [1.82, 2.24) is 9.97 Å². The molecule has 0 aliphatic carbocycles. The van der Waals surface area contributed by atoms with E-state index in [4.69, 9.17) is 5.73 Å². The first kappa shape index (κ1) is 14.5. The predicted molar refractivity (Wildman–Crippen MR) is 77.9 cm³/mol. The van der Waals surface area contributed by atoms with Crippen molar-refractivity contribution in [3.8, 4) is 11.1 Å². The molecule has 0 spiro atoms. The van der Waals surface area contributed by atoms with Crippen molar-refractivity contribution in [2.45, 2.75) is 12.7 Å². The van der Waals surface area contributed by atoms with Gasteiger partial charge in [-0.1, -0.05) is 12.1 Å². The molecule has 2 heterocycles. The highest BCUT2D eigenvalue weighted by molar-refractivity contribution is 5.84. The second kappa shape index (κ2) is 5.38. The number of aromatic nitrogens is 2. The third-order valence-corrected chi connectivity index (χ3v) is 3.35. The lowest BCUT2D eigenvalue weighted by molar-refractivity contribution is -0.137. The highest BCUT2D eigenvalue weighted by atomic mass is 19.4. The van der Waals surface area contributed by atoms with Crippen LogP contribution in [0.25, 0.3) is 22.0 Å². The molecule has 3 nitrogen and oxygen atoms in total. The molecular formula is C16H12F3N3. The van der Waals surface area contributed by atoms with Crippen molar-refractivity contribution in [1.29, 1.82) is 0 Å². The number of nitrogens with zero attached hydrogens (tertiary/aromatic N) is 2. The van der Waals surface area contributed by atoms with E-state index in [0.29, 0.717) is 17.7 Å². The molecule has 6 heteroatoms. The molecule has 3 rings (SSSR count). The number of nitrogens with two attached hydrogens (primary N) is 1. The van der Waals surface area contributed by atoms with E-state index < -0.39 is 11.7 Å². The van der Waals surface area contributed by atoms with E-state index in [9.17, 15) is 13.2 Å². The minimum Gasteiger partial charge on any atom is -0.325 e. The molecule has 0 amide bonds. The van der Waals surface area contributed by atoms with Crippen LogP contribution in [-0.4, -0.2) is 9.97 Å². The van der Waals surface area contributed by atoms with Gasteiger partial charge in [0.25, 0.3) is 0 Å². The van der Waals surface area contributed by atoms with E-state index in [1.54, 1.807) is 24.3 Å². The lowest BCUT2D eigenvalue weighted by Crippen LogP contribution is -2.05. The summed E-state index contributed by atoms with van der Waals surface area (Å²) in [6.07, 6.45) is -2.17.